The van der Waals surface area contributed by atoms with E-state index in [-0.39, 0.29) is 5.78 Å². The predicted molar refractivity (Wildman–Crippen MR) is 57.5 cm³/mol. The fraction of sp³-hybridized carbons (Fsp3) is 0.182. The Bertz CT molecular complexity index is 502. The maximum Gasteiger partial charge on any atom is 0.178 e. The third-order valence-electron chi connectivity index (χ3n) is 2.01. The summed E-state index contributed by atoms with van der Waals surface area (Å²) >= 11 is 0. The van der Waals surface area contributed by atoms with Gasteiger partial charge in [0.25, 0.3) is 0 Å². The van der Waals surface area contributed by atoms with Crippen molar-refractivity contribution in [3.8, 4) is 11.5 Å². The molecule has 0 bridgehead atoms. The summed E-state index contributed by atoms with van der Waals surface area (Å²) in [6.45, 7) is 1.48. The molecule has 5 nitrogen and oxygen atoms in total. The molecule has 2 aromatic rings. The quantitative estimate of drug-likeness (QED) is 0.736. The molecular formula is C11H11N3O2. The molecule has 2 rings (SSSR count). The summed E-state index contributed by atoms with van der Waals surface area (Å²) < 4.78 is 7.12. The number of hydrogen-bond acceptors (Lipinski definition) is 4. The van der Waals surface area contributed by atoms with E-state index < -0.39 is 0 Å². The largest absolute Gasteiger partial charge is 0.452 e. The van der Waals surface area contributed by atoms with E-state index in [0.717, 1.165) is 0 Å². The summed E-state index contributed by atoms with van der Waals surface area (Å²) in [7, 11) is 1.81. The first-order valence-corrected chi connectivity index (χ1v) is 4.78. The highest BCUT2D eigenvalue weighted by Gasteiger charge is 2.03. The number of Topliss-reactive ketones (excluding diaryl/α,β-unsaturated/α-hetero) is 1. The minimum Gasteiger partial charge on any atom is -0.452 e. The Morgan fingerprint density at radius 1 is 1.31 bits per heavy atom. The summed E-state index contributed by atoms with van der Waals surface area (Å²) in [6, 6.07) is 3.34. The van der Waals surface area contributed by atoms with Crippen molar-refractivity contribution < 1.29 is 9.53 Å². The van der Waals surface area contributed by atoms with Crippen molar-refractivity contribution in [2.24, 2.45) is 7.05 Å². The van der Waals surface area contributed by atoms with E-state index in [1.165, 1.54) is 13.1 Å². The van der Waals surface area contributed by atoms with Crippen LogP contribution < -0.4 is 4.74 Å². The first kappa shape index (κ1) is 10.4. The summed E-state index contributed by atoms with van der Waals surface area (Å²) in [5.41, 5.74) is 0.429. The molecule has 0 atom stereocenters. The summed E-state index contributed by atoms with van der Waals surface area (Å²) in [4.78, 5) is 15.0. The first-order chi connectivity index (χ1) is 7.65. The van der Waals surface area contributed by atoms with Crippen LogP contribution in [-0.4, -0.2) is 20.5 Å². The van der Waals surface area contributed by atoms with Gasteiger partial charge < -0.3 is 4.74 Å². The van der Waals surface area contributed by atoms with Gasteiger partial charge in [-0.2, -0.15) is 5.10 Å². The van der Waals surface area contributed by atoms with Crippen LogP contribution in [0.3, 0.4) is 0 Å². The molecule has 0 aliphatic heterocycles. The fourth-order valence-corrected chi connectivity index (χ4v) is 1.24. The lowest BCUT2D eigenvalue weighted by Gasteiger charge is -2.01. The highest BCUT2D eigenvalue weighted by atomic mass is 16.5. The molecule has 0 aliphatic rings. The van der Waals surface area contributed by atoms with Crippen molar-refractivity contribution in [2.45, 2.75) is 6.92 Å². The Hall–Kier alpha value is -2.17. The highest BCUT2D eigenvalue weighted by Crippen LogP contribution is 2.19. The van der Waals surface area contributed by atoms with Gasteiger partial charge >= 0.3 is 0 Å². The van der Waals surface area contributed by atoms with Gasteiger partial charge in [-0.3, -0.25) is 9.48 Å². The number of aromatic nitrogens is 3. The zero-order valence-electron chi connectivity index (χ0n) is 9.04. The van der Waals surface area contributed by atoms with Gasteiger partial charge in [-0.15, -0.1) is 0 Å². The summed E-state index contributed by atoms with van der Waals surface area (Å²) in [5.74, 6) is 1.16. The van der Waals surface area contributed by atoms with E-state index >= 15 is 0 Å². The lowest BCUT2D eigenvalue weighted by Crippen LogP contribution is -1.95. The minimum atomic E-state index is -0.0621. The minimum absolute atomic E-state index is 0.0621. The third kappa shape index (κ3) is 2.25. The van der Waals surface area contributed by atoms with Crippen LogP contribution >= 0.6 is 0 Å². The average molecular weight is 217 g/mol. The van der Waals surface area contributed by atoms with E-state index in [1.807, 2.05) is 7.05 Å². The number of rotatable bonds is 3. The van der Waals surface area contributed by atoms with Crippen LogP contribution in [0.15, 0.2) is 30.7 Å². The second-order valence-electron chi connectivity index (χ2n) is 3.39. The van der Waals surface area contributed by atoms with Crippen molar-refractivity contribution >= 4 is 5.78 Å². The number of ether oxygens (including phenoxy) is 1. The molecule has 0 spiro atoms. The number of carbonyl (C=O) groups excluding carboxylic acids is 1. The summed E-state index contributed by atoms with van der Waals surface area (Å²) in [6.07, 6.45) is 4.88. The number of nitrogens with zero attached hydrogens (tertiary/aromatic N) is 3. The van der Waals surface area contributed by atoms with Crippen LogP contribution in [0.1, 0.15) is 17.4 Å². The molecule has 16 heavy (non-hydrogen) atoms. The maximum atomic E-state index is 11.0. The summed E-state index contributed by atoms with van der Waals surface area (Å²) in [5, 5.41) is 3.98. The van der Waals surface area contributed by atoms with Gasteiger partial charge in [-0.25, -0.2) is 4.98 Å². The topological polar surface area (TPSA) is 57.0 Å². The predicted octanol–water partition coefficient (Wildman–Crippen LogP) is 1.81. The Labute approximate surface area is 92.7 Å². The fourth-order valence-electron chi connectivity index (χ4n) is 1.24. The van der Waals surface area contributed by atoms with E-state index in [2.05, 4.69) is 10.1 Å². The molecular weight excluding hydrogens is 206 g/mol. The molecule has 5 heteroatoms. The van der Waals surface area contributed by atoms with Crippen molar-refractivity contribution in [3.63, 3.8) is 0 Å². The monoisotopic (exact) mass is 217 g/mol. The zero-order chi connectivity index (χ0) is 11.5. The lowest BCUT2D eigenvalue weighted by atomic mass is 10.3. The Balaban J connectivity index is 2.14. The van der Waals surface area contributed by atoms with Crippen LogP contribution in [0.5, 0.6) is 11.5 Å². The van der Waals surface area contributed by atoms with Gasteiger partial charge in [0.1, 0.15) is 11.4 Å². The first-order valence-electron chi connectivity index (χ1n) is 4.78. The molecule has 0 fully saturated rings. The van der Waals surface area contributed by atoms with Gasteiger partial charge in [0.2, 0.25) is 0 Å². The second kappa shape index (κ2) is 4.14. The highest BCUT2D eigenvalue weighted by molar-refractivity contribution is 5.92. The molecule has 0 N–H and O–H groups in total. The molecule has 0 aromatic carbocycles. The van der Waals surface area contributed by atoms with Gasteiger partial charge in [-0.05, 0) is 12.1 Å². The number of pyridine rings is 1. The number of ketones is 1. The van der Waals surface area contributed by atoms with Crippen molar-refractivity contribution in [3.05, 3.63) is 36.4 Å². The standard InChI is InChI=1S/C11H11N3O2/c1-8(15)11-4-3-9(5-12-11)16-10-6-13-14(2)7-10/h3-7H,1-2H3. The molecule has 0 saturated carbocycles. The van der Waals surface area contributed by atoms with E-state index in [4.69, 9.17) is 4.74 Å². The molecule has 2 aromatic heterocycles. The van der Waals surface area contributed by atoms with Gasteiger partial charge in [0.15, 0.2) is 11.5 Å². The van der Waals surface area contributed by atoms with Crippen molar-refractivity contribution in [1.82, 2.24) is 14.8 Å². The molecule has 0 amide bonds. The van der Waals surface area contributed by atoms with Gasteiger partial charge in [0, 0.05) is 14.0 Å². The van der Waals surface area contributed by atoms with E-state index in [9.17, 15) is 4.79 Å². The number of aryl methyl sites for hydroxylation is 1. The van der Waals surface area contributed by atoms with Crippen LogP contribution in [0.2, 0.25) is 0 Å². The zero-order valence-corrected chi connectivity index (χ0v) is 9.04. The number of hydrogen-bond donors (Lipinski definition) is 0. The molecule has 0 aliphatic carbocycles. The normalized spacial score (nSPS) is 10.1. The van der Waals surface area contributed by atoms with Crippen LogP contribution in [0.4, 0.5) is 0 Å². The molecule has 0 unspecified atom stereocenters. The van der Waals surface area contributed by atoms with Crippen molar-refractivity contribution in [2.75, 3.05) is 0 Å². The smallest absolute Gasteiger partial charge is 0.178 e. The molecule has 2 heterocycles. The van der Waals surface area contributed by atoms with Crippen LogP contribution in [0, 0.1) is 0 Å². The van der Waals surface area contributed by atoms with E-state index in [1.54, 1.807) is 29.2 Å². The van der Waals surface area contributed by atoms with Crippen LogP contribution in [0.25, 0.3) is 0 Å². The number of carbonyl (C=O) groups is 1. The van der Waals surface area contributed by atoms with Crippen molar-refractivity contribution in [1.29, 1.82) is 0 Å². The second-order valence-corrected chi connectivity index (χ2v) is 3.39. The molecule has 82 valence electrons. The van der Waals surface area contributed by atoms with Crippen LogP contribution in [-0.2, 0) is 7.05 Å². The Kier molecular flexibility index (Phi) is 2.68. The Morgan fingerprint density at radius 2 is 2.12 bits per heavy atom. The lowest BCUT2D eigenvalue weighted by molar-refractivity contribution is 0.101. The maximum absolute atomic E-state index is 11.0. The van der Waals surface area contributed by atoms with Gasteiger partial charge in [0.05, 0.1) is 18.6 Å². The van der Waals surface area contributed by atoms with Gasteiger partial charge in [-0.1, -0.05) is 0 Å². The Morgan fingerprint density at radius 3 is 2.62 bits per heavy atom. The van der Waals surface area contributed by atoms with E-state index in [0.29, 0.717) is 17.2 Å². The molecule has 0 saturated heterocycles. The third-order valence-corrected chi connectivity index (χ3v) is 2.01. The average Bonchev–Trinajstić information content (AvgIpc) is 2.65. The SMILES string of the molecule is CC(=O)c1ccc(Oc2cnn(C)c2)cn1. The molecule has 0 radical (unpaired) electrons.